The van der Waals surface area contributed by atoms with E-state index < -0.39 is 104 Å². The SMILES string of the molecule is CC(OC(C)(C)C(C)(C)C(=O)COC(C)(C)C(=O)CCC(=O)O)C(=O)C(C)(C)OC(C)(C)CCOC(C)(C)C(C)(C)C(=O)C(C)OC(C)(C)C(C)(C)C(=O)COC(C)(C)C(=O)CCC(=O)O. The molecule has 2 atom stereocenters. The highest BCUT2D eigenvalue weighted by Crippen LogP contribution is 2.42. The Kier molecular flexibility index (Phi) is 21.3. The van der Waals surface area contributed by atoms with Gasteiger partial charge in [-0.3, -0.25) is 38.4 Å². The molecule has 0 bridgehead atoms. The lowest BCUT2D eigenvalue weighted by molar-refractivity contribution is -0.194. The van der Waals surface area contributed by atoms with Crippen molar-refractivity contribution in [3.8, 4) is 0 Å². The molecule has 0 fully saturated rings. The number of carbonyl (C=O) groups excluding carboxylic acids is 6. The minimum absolute atomic E-state index is 0.151. The van der Waals surface area contributed by atoms with Gasteiger partial charge in [0.1, 0.15) is 42.2 Å². The van der Waals surface area contributed by atoms with Crippen LogP contribution in [0.25, 0.3) is 0 Å². The topological polar surface area (TPSA) is 232 Å². The first kappa shape index (κ1) is 62.7. The number of carbonyl (C=O) groups is 8. The summed E-state index contributed by atoms with van der Waals surface area (Å²) in [5.41, 5.74) is -11.9. The van der Waals surface area contributed by atoms with Gasteiger partial charge < -0.3 is 38.6 Å². The van der Waals surface area contributed by atoms with Gasteiger partial charge in [-0.25, -0.2) is 0 Å². The maximum Gasteiger partial charge on any atom is 0.303 e. The van der Waals surface area contributed by atoms with Gasteiger partial charge in [-0.15, -0.1) is 0 Å². The Morgan fingerprint density at radius 2 is 0.742 bits per heavy atom. The van der Waals surface area contributed by atoms with Crippen molar-refractivity contribution in [3.63, 3.8) is 0 Å². The number of carboxylic acid groups (broad SMARTS) is 2. The number of ketones is 6. The molecule has 0 aliphatic rings. The predicted molar refractivity (Wildman–Crippen MR) is 248 cm³/mol. The molecule has 16 heteroatoms. The third-order valence-electron chi connectivity index (χ3n) is 14.1. The number of hydrogen-bond donors (Lipinski definition) is 2. The molecule has 0 radical (unpaired) electrons. The van der Waals surface area contributed by atoms with Crippen molar-refractivity contribution in [1.82, 2.24) is 0 Å². The van der Waals surface area contributed by atoms with Crippen molar-refractivity contribution in [1.29, 1.82) is 0 Å². The molecule has 66 heavy (non-hydrogen) atoms. The summed E-state index contributed by atoms with van der Waals surface area (Å²) in [6.45, 7) is 36.0. The molecule has 0 aliphatic heterocycles. The zero-order chi connectivity index (χ0) is 52.7. The maximum absolute atomic E-state index is 14.1. The molecule has 16 nitrogen and oxygen atoms in total. The van der Waals surface area contributed by atoms with E-state index >= 15 is 0 Å². The van der Waals surface area contributed by atoms with E-state index in [0.717, 1.165) is 0 Å². The molecule has 0 aromatic rings. The van der Waals surface area contributed by atoms with Gasteiger partial charge in [-0.05, 0) is 117 Å². The van der Waals surface area contributed by atoms with Crippen molar-refractivity contribution in [2.24, 2.45) is 16.2 Å². The number of Topliss-reactive ketones (excluding diaryl/α,β-unsaturated/α-hetero) is 6. The van der Waals surface area contributed by atoms with Gasteiger partial charge in [-0.2, -0.15) is 0 Å². The van der Waals surface area contributed by atoms with E-state index in [4.69, 9.17) is 38.6 Å². The molecule has 0 aliphatic carbocycles. The molecule has 0 rings (SSSR count). The summed E-state index contributed by atoms with van der Waals surface area (Å²) in [7, 11) is 0. The highest BCUT2D eigenvalue weighted by Gasteiger charge is 2.51. The molecule has 0 heterocycles. The molecule has 2 unspecified atom stereocenters. The van der Waals surface area contributed by atoms with E-state index in [1.54, 1.807) is 111 Å². The van der Waals surface area contributed by atoms with Gasteiger partial charge in [0, 0.05) is 12.8 Å². The normalized spacial score (nSPS) is 14.9. The number of rotatable bonds is 33. The minimum atomic E-state index is -1.39. The van der Waals surface area contributed by atoms with Crippen molar-refractivity contribution in [3.05, 3.63) is 0 Å². The fourth-order valence-electron chi connectivity index (χ4n) is 6.83. The highest BCUT2D eigenvalue weighted by molar-refractivity contribution is 5.93. The molecule has 0 aromatic carbocycles. The first-order chi connectivity index (χ1) is 29.2. The lowest BCUT2D eigenvalue weighted by Gasteiger charge is -2.45. The zero-order valence-electron chi connectivity index (χ0n) is 44.4. The Morgan fingerprint density at radius 1 is 0.409 bits per heavy atom. The van der Waals surface area contributed by atoms with Crippen LogP contribution in [0.3, 0.4) is 0 Å². The average Bonchev–Trinajstić information content (AvgIpc) is 3.14. The Morgan fingerprint density at radius 3 is 1.08 bits per heavy atom. The summed E-state index contributed by atoms with van der Waals surface area (Å²) in [6.07, 6.45) is -2.83. The second-order valence-corrected chi connectivity index (χ2v) is 22.7. The second-order valence-electron chi connectivity index (χ2n) is 22.7. The van der Waals surface area contributed by atoms with Crippen molar-refractivity contribution < 1.29 is 77.0 Å². The van der Waals surface area contributed by atoms with Gasteiger partial charge in [0.2, 0.25) is 0 Å². The number of hydrogen-bond acceptors (Lipinski definition) is 14. The molecule has 382 valence electrons. The monoisotopic (exact) mass is 943 g/mol. The average molecular weight is 943 g/mol. The Balaban J connectivity index is 5.69. The second kappa shape index (κ2) is 22.4. The molecule has 0 aromatic heterocycles. The maximum atomic E-state index is 14.1. The van der Waals surface area contributed by atoms with E-state index in [1.807, 2.05) is 13.8 Å². The summed E-state index contributed by atoms with van der Waals surface area (Å²) in [4.78, 5) is 102. The fourth-order valence-corrected chi connectivity index (χ4v) is 6.83. The number of carboxylic acids is 2. The Hall–Kier alpha value is -3.28. The summed E-state index contributed by atoms with van der Waals surface area (Å²) in [5, 5.41) is 17.9. The lowest BCUT2D eigenvalue weighted by atomic mass is 9.71. The van der Waals surface area contributed by atoms with E-state index in [0.29, 0.717) is 6.42 Å². The van der Waals surface area contributed by atoms with Crippen LogP contribution in [-0.2, 0) is 66.8 Å². The third kappa shape index (κ3) is 16.7. The zero-order valence-corrected chi connectivity index (χ0v) is 44.4. The first-order valence-electron chi connectivity index (χ1n) is 22.8. The van der Waals surface area contributed by atoms with Crippen LogP contribution < -0.4 is 0 Å². The van der Waals surface area contributed by atoms with Crippen LogP contribution in [0.15, 0.2) is 0 Å². The minimum Gasteiger partial charge on any atom is -0.481 e. The van der Waals surface area contributed by atoms with Gasteiger partial charge >= 0.3 is 11.9 Å². The van der Waals surface area contributed by atoms with Crippen LogP contribution in [0, 0.1) is 16.2 Å². The van der Waals surface area contributed by atoms with Crippen LogP contribution in [0.2, 0.25) is 0 Å². The van der Waals surface area contributed by atoms with E-state index in [-0.39, 0.29) is 55.4 Å². The molecular weight excluding hydrogens is 857 g/mol. The largest absolute Gasteiger partial charge is 0.481 e. The summed E-state index contributed by atoms with van der Waals surface area (Å²) in [6, 6.07) is 0. The molecule has 0 amide bonds. The molecular formula is C50H86O16. The van der Waals surface area contributed by atoms with E-state index in [1.165, 1.54) is 27.7 Å². The molecule has 0 spiro atoms. The van der Waals surface area contributed by atoms with Crippen molar-refractivity contribution >= 4 is 46.6 Å². The van der Waals surface area contributed by atoms with Crippen LogP contribution in [0.1, 0.15) is 184 Å². The molecule has 0 saturated heterocycles. The van der Waals surface area contributed by atoms with Crippen LogP contribution in [0.4, 0.5) is 0 Å². The van der Waals surface area contributed by atoms with Crippen LogP contribution >= 0.6 is 0 Å². The quantitative estimate of drug-likeness (QED) is 0.0636. The van der Waals surface area contributed by atoms with Gasteiger partial charge in [-0.1, -0.05) is 41.5 Å². The standard InChI is InChI=1S/C50H86O16/c1-31(64-49(19,20)42(5,6)35(53)29-62-45(11,12)33(51)23-25-37(55)56)39(59)44(9,10)48(17,18)61-28-27-41(3,4)66-47(15,16)40(60)32(2)65-50(21,22)43(7,8)36(54)30-63-46(13,14)34(52)24-26-38(57)58/h31-32H,23-30H2,1-22H3,(H,55,56)(H,57,58). The van der Waals surface area contributed by atoms with Crippen molar-refractivity contribution in [2.45, 2.75) is 236 Å². The van der Waals surface area contributed by atoms with E-state index in [9.17, 15) is 38.4 Å². The van der Waals surface area contributed by atoms with Crippen LogP contribution in [-0.4, -0.2) is 128 Å². The molecule has 0 saturated carbocycles. The Labute approximate surface area is 394 Å². The lowest BCUT2D eigenvalue weighted by Crippen LogP contribution is -2.55. The smallest absolute Gasteiger partial charge is 0.303 e. The number of ether oxygens (including phenoxy) is 6. The molecule has 2 N–H and O–H groups in total. The van der Waals surface area contributed by atoms with Gasteiger partial charge in [0.05, 0.1) is 58.1 Å². The third-order valence-corrected chi connectivity index (χ3v) is 14.1. The van der Waals surface area contributed by atoms with Crippen molar-refractivity contribution in [2.75, 3.05) is 19.8 Å². The van der Waals surface area contributed by atoms with E-state index in [2.05, 4.69) is 0 Å². The fraction of sp³-hybridized carbons (Fsp3) is 0.840. The Bertz CT molecular complexity index is 1770. The number of aliphatic carboxylic acids is 2. The van der Waals surface area contributed by atoms with Gasteiger partial charge in [0.25, 0.3) is 0 Å². The summed E-state index contributed by atoms with van der Waals surface area (Å²) >= 11 is 0. The summed E-state index contributed by atoms with van der Waals surface area (Å²) in [5.74, 6) is -4.51. The summed E-state index contributed by atoms with van der Waals surface area (Å²) < 4.78 is 36.8. The predicted octanol–water partition coefficient (Wildman–Crippen LogP) is 7.93. The van der Waals surface area contributed by atoms with Gasteiger partial charge in [0.15, 0.2) is 34.7 Å². The highest BCUT2D eigenvalue weighted by atomic mass is 16.6. The van der Waals surface area contributed by atoms with Crippen LogP contribution in [0.5, 0.6) is 0 Å². The first-order valence-corrected chi connectivity index (χ1v) is 22.8.